The first-order chi connectivity index (χ1) is 10.7. The molecule has 0 saturated heterocycles. The lowest BCUT2D eigenvalue weighted by Crippen LogP contribution is -2.31. The maximum absolute atomic E-state index is 6.09. The number of hydrogen-bond donors (Lipinski definition) is 1. The zero-order chi connectivity index (χ0) is 15.5. The molecule has 3 nitrogen and oxygen atoms in total. The first kappa shape index (κ1) is 15.2. The van der Waals surface area contributed by atoms with Crippen LogP contribution in [0.5, 0.6) is 11.5 Å². The average Bonchev–Trinajstić information content (AvgIpc) is 2.54. The lowest BCUT2D eigenvalue weighted by molar-refractivity contribution is 0.352. The van der Waals surface area contributed by atoms with Crippen LogP contribution in [0.15, 0.2) is 36.4 Å². The third-order valence-electron chi connectivity index (χ3n) is 4.13. The zero-order valence-electron chi connectivity index (χ0n) is 12.9. The van der Waals surface area contributed by atoms with Crippen molar-refractivity contribution >= 4 is 11.6 Å². The Balaban J connectivity index is 1.93. The summed E-state index contributed by atoms with van der Waals surface area (Å²) in [5.41, 5.74) is 3.83. The van der Waals surface area contributed by atoms with Gasteiger partial charge in [0.25, 0.3) is 0 Å². The maximum Gasteiger partial charge on any atom is 0.161 e. The molecule has 1 aliphatic rings. The molecule has 1 aliphatic heterocycles. The van der Waals surface area contributed by atoms with Gasteiger partial charge in [-0.2, -0.15) is 0 Å². The summed E-state index contributed by atoms with van der Waals surface area (Å²) in [5.74, 6) is 1.57. The van der Waals surface area contributed by atoms with E-state index in [1.165, 1.54) is 16.7 Å². The van der Waals surface area contributed by atoms with E-state index in [0.29, 0.717) is 0 Å². The first-order valence-corrected chi connectivity index (χ1v) is 7.81. The second kappa shape index (κ2) is 6.59. The van der Waals surface area contributed by atoms with Crippen molar-refractivity contribution in [2.75, 3.05) is 20.8 Å². The van der Waals surface area contributed by atoms with E-state index >= 15 is 0 Å². The average molecular weight is 318 g/mol. The van der Waals surface area contributed by atoms with Gasteiger partial charge < -0.3 is 14.8 Å². The van der Waals surface area contributed by atoms with Gasteiger partial charge >= 0.3 is 0 Å². The smallest absolute Gasteiger partial charge is 0.161 e. The van der Waals surface area contributed by atoms with Gasteiger partial charge in [0, 0.05) is 11.1 Å². The molecule has 3 rings (SSSR count). The molecule has 0 bridgehead atoms. The highest BCUT2D eigenvalue weighted by Crippen LogP contribution is 2.36. The second-order valence-electron chi connectivity index (χ2n) is 5.50. The SMILES string of the molecule is COc1cc2c(cc1OC)C(Cc1cccc(Cl)c1)NCC2. The van der Waals surface area contributed by atoms with Crippen LogP contribution in [0.3, 0.4) is 0 Å². The highest BCUT2D eigenvalue weighted by atomic mass is 35.5. The van der Waals surface area contributed by atoms with Crippen molar-refractivity contribution in [1.82, 2.24) is 5.32 Å². The Bertz CT molecular complexity index is 672. The molecule has 1 atom stereocenters. The zero-order valence-corrected chi connectivity index (χ0v) is 13.6. The number of fused-ring (bicyclic) bond motifs is 1. The Kier molecular flexibility index (Phi) is 4.55. The molecule has 1 heterocycles. The second-order valence-corrected chi connectivity index (χ2v) is 5.93. The highest BCUT2D eigenvalue weighted by Gasteiger charge is 2.22. The highest BCUT2D eigenvalue weighted by molar-refractivity contribution is 6.30. The fraction of sp³-hybridized carbons (Fsp3) is 0.333. The van der Waals surface area contributed by atoms with Gasteiger partial charge in [0.15, 0.2) is 11.5 Å². The van der Waals surface area contributed by atoms with Gasteiger partial charge in [0.1, 0.15) is 0 Å². The van der Waals surface area contributed by atoms with Crippen LogP contribution < -0.4 is 14.8 Å². The summed E-state index contributed by atoms with van der Waals surface area (Å²) in [7, 11) is 3.35. The number of halogens is 1. The molecule has 1 N–H and O–H groups in total. The van der Waals surface area contributed by atoms with Crippen LogP contribution in [0.2, 0.25) is 5.02 Å². The normalized spacial score (nSPS) is 17.0. The predicted octanol–water partition coefficient (Wildman–Crippen LogP) is 3.79. The first-order valence-electron chi connectivity index (χ1n) is 7.44. The molecule has 22 heavy (non-hydrogen) atoms. The molecule has 4 heteroatoms. The number of rotatable bonds is 4. The monoisotopic (exact) mass is 317 g/mol. The van der Waals surface area contributed by atoms with Crippen molar-refractivity contribution in [2.45, 2.75) is 18.9 Å². The standard InChI is InChI=1S/C18H20ClNO2/c1-21-17-10-13-6-7-20-16(15(13)11-18(17)22-2)9-12-4-3-5-14(19)8-12/h3-5,8,10-11,16,20H,6-7,9H2,1-2H3. The van der Waals surface area contributed by atoms with E-state index in [-0.39, 0.29) is 6.04 Å². The largest absolute Gasteiger partial charge is 0.493 e. The Labute approximate surface area is 136 Å². The van der Waals surface area contributed by atoms with Gasteiger partial charge in [-0.05, 0) is 60.3 Å². The van der Waals surface area contributed by atoms with E-state index in [1.807, 2.05) is 18.2 Å². The molecular formula is C18H20ClNO2. The van der Waals surface area contributed by atoms with Crippen LogP contribution in [-0.2, 0) is 12.8 Å². The Hall–Kier alpha value is -1.71. The lowest BCUT2D eigenvalue weighted by Gasteiger charge is -2.28. The quantitative estimate of drug-likeness (QED) is 0.930. The van der Waals surface area contributed by atoms with Crippen LogP contribution in [0, 0.1) is 0 Å². The number of hydrogen-bond acceptors (Lipinski definition) is 3. The summed E-state index contributed by atoms with van der Waals surface area (Å²) in [6.45, 7) is 0.966. The van der Waals surface area contributed by atoms with Crippen molar-refractivity contribution in [3.8, 4) is 11.5 Å². The van der Waals surface area contributed by atoms with Gasteiger partial charge in [-0.15, -0.1) is 0 Å². The predicted molar refractivity (Wildman–Crippen MR) is 89.1 cm³/mol. The molecule has 0 fully saturated rings. The molecule has 0 saturated carbocycles. The van der Waals surface area contributed by atoms with Crippen molar-refractivity contribution in [1.29, 1.82) is 0 Å². The lowest BCUT2D eigenvalue weighted by atomic mass is 9.90. The summed E-state index contributed by atoms with van der Waals surface area (Å²) in [6.07, 6.45) is 1.91. The van der Waals surface area contributed by atoms with Crippen molar-refractivity contribution < 1.29 is 9.47 Å². The minimum atomic E-state index is 0.266. The summed E-state index contributed by atoms with van der Waals surface area (Å²) in [5, 5.41) is 4.37. The molecule has 0 aliphatic carbocycles. The molecule has 0 amide bonds. The van der Waals surface area contributed by atoms with Crippen molar-refractivity contribution in [3.05, 3.63) is 58.1 Å². The van der Waals surface area contributed by atoms with Crippen molar-refractivity contribution in [3.63, 3.8) is 0 Å². The van der Waals surface area contributed by atoms with E-state index in [1.54, 1.807) is 14.2 Å². The maximum atomic E-state index is 6.09. The van der Waals surface area contributed by atoms with Crippen LogP contribution in [0.4, 0.5) is 0 Å². The van der Waals surface area contributed by atoms with Crippen LogP contribution >= 0.6 is 11.6 Å². The number of methoxy groups -OCH3 is 2. The molecule has 0 aromatic heterocycles. The number of nitrogens with one attached hydrogen (secondary N) is 1. The summed E-state index contributed by atoms with van der Waals surface area (Å²) < 4.78 is 10.9. The molecule has 2 aromatic rings. The molecule has 0 radical (unpaired) electrons. The number of ether oxygens (including phenoxy) is 2. The fourth-order valence-corrected chi connectivity index (χ4v) is 3.26. The van der Waals surface area contributed by atoms with Crippen LogP contribution in [-0.4, -0.2) is 20.8 Å². The van der Waals surface area contributed by atoms with E-state index in [9.17, 15) is 0 Å². The summed E-state index contributed by atoms with van der Waals surface area (Å²) in [6, 6.07) is 12.5. The number of benzene rings is 2. The molecular weight excluding hydrogens is 298 g/mol. The van der Waals surface area contributed by atoms with Crippen LogP contribution in [0.25, 0.3) is 0 Å². The third kappa shape index (κ3) is 3.06. The Morgan fingerprint density at radius 1 is 1.14 bits per heavy atom. The van der Waals surface area contributed by atoms with Crippen LogP contribution in [0.1, 0.15) is 22.7 Å². The van der Waals surface area contributed by atoms with E-state index < -0.39 is 0 Å². The van der Waals surface area contributed by atoms with E-state index in [0.717, 1.165) is 35.9 Å². The van der Waals surface area contributed by atoms with Gasteiger partial charge in [0.2, 0.25) is 0 Å². The summed E-state index contributed by atoms with van der Waals surface area (Å²) >= 11 is 6.09. The van der Waals surface area contributed by atoms with Crippen molar-refractivity contribution in [2.24, 2.45) is 0 Å². The Morgan fingerprint density at radius 2 is 1.91 bits per heavy atom. The minimum absolute atomic E-state index is 0.266. The van der Waals surface area contributed by atoms with Gasteiger partial charge in [0.05, 0.1) is 14.2 Å². The van der Waals surface area contributed by atoms with E-state index in [4.69, 9.17) is 21.1 Å². The Morgan fingerprint density at radius 3 is 2.64 bits per heavy atom. The third-order valence-corrected chi connectivity index (χ3v) is 4.37. The molecule has 116 valence electrons. The molecule has 1 unspecified atom stereocenters. The summed E-state index contributed by atoms with van der Waals surface area (Å²) in [4.78, 5) is 0. The topological polar surface area (TPSA) is 30.5 Å². The fourth-order valence-electron chi connectivity index (χ4n) is 3.05. The van der Waals surface area contributed by atoms with Gasteiger partial charge in [-0.25, -0.2) is 0 Å². The van der Waals surface area contributed by atoms with E-state index in [2.05, 4.69) is 23.5 Å². The van der Waals surface area contributed by atoms with Gasteiger partial charge in [-0.1, -0.05) is 23.7 Å². The molecule has 2 aromatic carbocycles. The molecule has 0 spiro atoms. The van der Waals surface area contributed by atoms with Gasteiger partial charge in [-0.3, -0.25) is 0 Å². The minimum Gasteiger partial charge on any atom is -0.493 e.